The van der Waals surface area contributed by atoms with Gasteiger partial charge in [0.05, 0.1) is 0 Å². The third-order valence-electron chi connectivity index (χ3n) is 2.00. The molecule has 0 spiro atoms. The minimum Gasteiger partial charge on any atom is -0.443 e. The second-order valence-corrected chi connectivity index (χ2v) is 7.13. The van der Waals surface area contributed by atoms with Gasteiger partial charge >= 0.3 is 6.09 Å². The molecule has 21 heavy (non-hydrogen) atoms. The molecule has 0 unspecified atom stereocenters. The van der Waals surface area contributed by atoms with Crippen molar-refractivity contribution in [2.24, 2.45) is 0 Å². The van der Waals surface area contributed by atoms with E-state index in [0.29, 0.717) is 10.6 Å². The lowest BCUT2D eigenvalue weighted by Crippen LogP contribution is -2.43. The number of hydrogen-bond donors (Lipinski definition) is 2. The molecule has 0 heterocycles. The van der Waals surface area contributed by atoms with Gasteiger partial charge in [0.1, 0.15) is 5.60 Å². The summed E-state index contributed by atoms with van der Waals surface area (Å²) < 4.78 is 28.2. The Morgan fingerprint density at radius 1 is 1.24 bits per heavy atom. The predicted molar refractivity (Wildman–Crippen MR) is 81.9 cm³/mol. The minimum absolute atomic E-state index is 0.555. The van der Waals surface area contributed by atoms with Crippen LogP contribution in [-0.2, 0) is 14.8 Å². The van der Waals surface area contributed by atoms with Gasteiger partial charge < -0.3 is 4.74 Å². The molecule has 0 aliphatic rings. The average Bonchev–Trinajstić information content (AvgIpc) is 2.34. The fourth-order valence-corrected chi connectivity index (χ4v) is 1.95. The van der Waals surface area contributed by atoms with Crippen molar-refractivity contribution in [1.82, 2.24) is 10.3 Å². The van der Waals surface area contributed by atoms with Crippen LogP contribution in [0.15, 0.2) is 29.7 Å². The summed E-state index contributed by atoms with van der Waals surface area (Å²) in [5, 5.41) is 1.48. The van der Waals surface area contributed by atoms with Gasteiger partial charge in [0, 0.05) is 10.4 Å². The first kappa shape index (κ1) is 17.5. The first-order chi connectivity index (χ1) is 9.57. The molecule has 0 atom stereocenters. The lowest BCUT2D eigenvalue weighted by Gasteiger charge is -2.19. The number of carbonyl (C=O) groups is 1. The van der Waals surface area contributed by atoms with E-state index in [2.05, 4.69) is 0 Å². The number of hydrazine groups is 1. The fraction of sp³-hybridized carbons (Fsp3) is 0.308. The molecule has 1 rings (SSSR count). The van der Waals surface area contributed by atoms with Crippen LogP contribution in [0.25, 0.3) is 6.08 Å². The number of carbonyl (C=O) groups excluding carboxylic acids is 1. The third-order valence-corrected chi connectivity index (χ3v) is 3.14. The minimum atomic E-state index is -3.82. The zero-order valence-electron chi connectivity index (χ0n) is 11.9. The van der Waals surface area contributed by atoms with Crippen LogP contribution in [0.3, 0.4) is 0 Å². The zero-order valence-corrected chi connectivity index (χ0v) is 13.5. The first-order valence-corrected chi connectivity index (χ1v) is 7.94. The molecule has 1 aromatic rings. The molecule has 2 N–H and O–H groups in total. The maximum atomic E-state index is 11.6. The Balaban J connectivity index is 2.58. The van der Waals surface area contributed by atoms with Gasteiger partial charge in [-0.3, -0.25) is 0 Å². The number of benzene rings is 1. The summed E-state index contributed by atoms with van der Waals surface area (Å²) in [6.07, 6.45) is 0.487. The molecule has 6 nitrogen and oxygen atoms in total. The van der Waals surface area contributed by atoms with Crippen LogP contribution < -0.4 is 10.3 Å². The molecule has 0 aliphatic carbocycles. The maximum Gasteiger partial charge on any atom is 0.423 e. The summed E-state index contributed by atoms with van der Waals surface area (Å²) in [4.78, 5) is 13.2. The lowest BCUT2D eigenvalue weighted by atomic mass is 10.2. The van der Waals surface area contributed by atoms with Gasteiger partial charge in [0.15, 0.2) is 0 Å². The van der Waals surface area contributed by atoms with E-state index in [1.54, 1.807) is 45.0 Å². The second kappa shape index (κ2) is 6.93. The van der Waals surface area contributed by atoms with Gasteiger partial charge in [-0.2, -0.15) is 0 Å². The largest absolute Gasteiger partial charge is 0.443 e. The molecular formula is C13H17ClN2O4S. The molecule has 1 amide bonds. The molecule has 0 fully saturated rings. The second-order valence-electron chi connectivity index (χ2n) is 5.13. The SMILES string of the molecule is CC(C)(C)OC(=O)NNS(=O)(=O)/C=C/c1ccc(Cl)cc1. The monoisotopic (exact) mass is 332 g/mol. The third kappa shape index (κ3) is 7.69. The Labute approximate surface area is 129 Å². The van der Waals surface area contributed by atoms with Gasteiger partial charge in [-0.15, -0.1) is 4.83 Å². The van der Waals surface area contributed by atoms with Crippen molar-refractivity contribution in [1.29, 1.82) is 0 Å². The smallest absolute Gasteiger partial charge is 0.423 e. The number of sulfonamides is 1. The Bertz CT molecular complexity index is 619. The van der Waals surface area contributed by atoms with Gasteiger partial charge in [0.25, 0.3) is 10.0 Å². The Morgan fingerprint density at radius 2 is 1.81 bits per heavy atom. The number of nitrogens with one attached hydrogen (secondary N) is 2. The standard InChI is InChI=1S/C13H17ClN2O4S/c1-13(2,3)20-12(17)15-16-21(18,19)9-8-10-4-6-11(14)7-5-10/h4-9,16H,1-3H3,(H,15,17)/b9-8+. The van der Waals surface area contributed by atoms with Crippen molar-refractivity contribution >= 4 is 33.8 Å². The van der Waals surface area contributed by atoms with Crippen molar-refractivity contribution in [3.05, 3.63) is 40.3 Å². The fourth-order valence-electron chi connectivity index (χ4n) is 1.19. The van der Waals surface area contributed by atoms with Crippen LogP contribution in [0.2, 0.25) is 5.02 Å². The number of halogens is 1. The summed E-state index contributed by atoms with van der Waals surface area (Å²) in [5.41, 5.74) is 1.89. The number of ether oxygens (including phenoxy) is 1. The predicted octanol–water partition coefficient (Wildman–Crippen LogP) is 2.67. The molecule has 0 aromatic heterocycles. The van der Waals surface area contributed by atoms with E-state index in [1.165, 1.54) is 6.08 Å². The van der Waals surface area contributed by atoms with E-state index in [0.717, 1.165) is 5.41 Å². The number of amides is 1. The van der Waals surface area contributed by atoms with Crippen LogP contribution in [0.5, 0.6) is 0 Å². The topological polar surface area (TPSA) is 84.5 Å². The Kier molecular flexibility index (Phi) is 5.77. The van der Waals surface area contributed by atoms with E-state index in [4.69, 9.17) is 16.3 Å². The molecule has 8 heteroatoms. The molecule has 0 aliphatic heterocycles. The number of rotatable bonds is 4. The highest BCUT2D eigenvalue weighted by molar-refractivity contribution is 7.92. The van der Waals surface area contributed by atoms with Gasteiger partial charge in [-0.1, -0.05) is 23.7 Å². The highest BCUT2D eigenvalue weighted by atomic mass is 35.5. The average molecular weight is 333 g/mol. The van der Waals surface area contributed by atoms with Gasteiger partial charge in [0.2, 0.25) is 0 Å². The van der Waals surface area contributed by atoms with Crippen molar-refractivity contribution < 1.29 is 17.9 Å². The van der Waals surface area contributed by atoms with E-state index in [1.807, 2.05) is 10.3 Å². The normalized spacial score (nSPS) is 12.4. The van der Waals surface area contributed by atoms with Crippen molar-refractivity contribution in [3.8, 4) is 0 Å². The lowest BCUT2D eigenvalue weighted by molar-refractivity contribution is 0.0515. The first-order valence-electron chi connectivity index (χ1n) is 6.02. The van der Waals surface area contributed by atoms with E-state index >= 15 is 0 Å². The highest BCUT2D eigenvalue weighted by Gasteiger charge is 2.17. The summed E-state index contributed by atoms with van der Waals surface area (Å²) in [7, 11) is -3.82. The molecular weight excluding hydrogens is 316 g/mol. The Morgan fingerprint density at radius 3 is 2.33 bits per heavy atom. The quantitative estimate of drug-likeness (QED) is 0.830. The van der Waals surface area contributed by atoms with Gasteiger partial charge in [-0.05, 0) is 44.5 Å². The molecule has 0 saturated carbocycles. The summed E-state index contributed by atoms with van der Waals surface area (Å²) in [6.45, 7) is 5.00. The summed E-state index contributed by atoms with van der Waals surface area (Å²) in [6, 6.07) is 6.60. The van der Waals surface area contributed by atoms with Crippen LogP contribution in [0, 0.1) is 0 Å². The molecule has 116 valence electrons. The van der Waals surface area contributed by atoms with Crippen LogP contribution in [0.4, 0.5) is 4.79 Å². The van der Waals surface area contributed by atoms with Crippen LogP contribution in [-0.4, -0.2) is 20.1 Å². The molecule has 1 aromatic carbocycles. The number of hydrogen-bond acceptors (Lipinski definition) is 4. The highest BCUT2D eigenvalue weighted by Crippen LogP contribution is 2.11. The van der Waals surface area contributed by atoms with Gasteiger partial charge in [-0.25, -0.2) is 18.6 Å². The van der Waals surface area contributed by atoms with Crippen molar-refractivity contribution in [2.75, 3.05) is 0 Å². The van der Waals surface area contributed by atoms with E-state index in [9.17, 15) is 13.2 Å². The Hall–Kier alpha value is -1.57. The summed E-state index contributed by atoms with van der Waals surface area (Å²) >= 11 is 5.72. The maximum absolute atomic E-state index is 11.6. The molecule has 0 saturated heterocycles. The summed E-state index contributed by atoms with van der Waals surface area (Å²) in [5.74, 6) is 0. The van der Waals surface area contributed by atoms with E-state index < -0.39 is 21.7 Å². The van der Waals surface area contributed by atoms with Crippen LogP contribution in [0.1, 0.15) is 26.3 Å². The van der Waals surface area contributed by atoms with Crippen molar-refractivity contribution in [3.63, 3.8) is 0 Å². The van der Waals surface area contributed by atoms with Crippen LogP contribution >= 0.6 is 11.6 Å². The molecule has 0 radical (unpaired) electrons. The van der Waals surface area contributed by atoms with Crippen molar-refractivity contribution in [2.45, 2.75) is 26.4 Å². The zero-order chi connectivity index (χ0) is 16.1. The molecule has 0 bridgehead atoms. The van der Waals surface area contributed by atoms with E-state index in [-0.39, 0.29) is 0 Å².